The van der Waals surface area contributed by atoms with Gasteiger partial charge in [-0.05, 0) is 29.7 Å². The minimum Gasteiger partial charge on any atom is -0.475 e. The van der Waals surface area contributed by atoms with Gasteiger partial charge in [0.15, 0.2) is 0 Å². The summed E-state index contributed by atoms with van der Waals surface area (Å²) < 4.78 is 31.7. The van der Waals surface area contributed by atoms with E-state index < -0.39 is 12.1 Å². The fourth-order valence-corrected chi connectivity index (χ4v) is 3.29. The summed E-state index contributed by atoms with van der Waals surface area (Å²) >= 11 is 0. The molecule has 0 spiro atoms. The Morgan fingerprint density at radius 1 is 1.06 bits per heavy atom. The number of halogens is 3. The van der Waals surface area contributed by atoms with Gasteiger partial charge in [0.25, 0.3) is 5.56 Å². The summed E-state index contributed by atoms with van der Waals surface area (Å²) in [4.78, 5) is 28.7. The smallest absolute Gasteiger partial charge is 0.475 e. The second-order valence-corrected chi connectivity index (χ2v) is 7.43. The van der Waals surface area contributed by atoms with Gasteiger partial charge in [-0.15, -0.1) is 0 Å². The number of aliphatic carboxylic acids is 1. The van der Waals surface area contributed by atoms with Gasteiger partial charge < -0.3 is 15.8 Å². The molecule has 34 heavy (non-hydrogen) atoms. The molecule has 0 aliphatic heterocycles. The lowest BCUT2D eigenvalue weighted by molar-refractivity contribution is -0.192. The number of nitrogens with two attached hydrogens (primary N) is 1. The van der Waals surface area contributed by atoms with Crippen molar-refractivity contribution in [1.29, 1.82) is 0 Å². The average molecular weight is 469 g/mol. The van der Waals surface area contributed by atoms with E-state index in [2.05, 4.69) is 36.2 Å². The molecule has 2 aromatic carbocycles. The third kappa shape index (κ3) is 5.68. The number of hydrogen-bond acceptors (Lipinski definition) is 4. The van der Waals surface area contributed by atoms with Gasteiger partial charge in [-0.1, -0.05) is 61.5 Å². The minimum atomic E-state index is -5.08. The largest absolute Gasteiger partial charge is 0.490 e. The van der Waals surface area contributed by atoms with Crippen molar-refractivity contribution in [2.24, 2.45) is 5.73 Å². The second-order valence-electron chi connectivity index (χ2n) is 7.43. The number of fused-ring (bicyclic) bond motifs is 1. The van der Waals surface area contributed by atoms with Crippen LogP contribution < -0.4 is 11.3 Å². The number of carboxylic acids is 1. The molecule has 4 N–H and O–H groups in total. The number of pyridine rings is 2. The van der Waals surface area contributed by atoms with Gasteiger partial charge in [-0.3, -0.25) is 4.79 Å². The predicted octanol–water partition coefficient (Wildman–Crippen LogP) is 5.30. The molecule has 0 aliphatic carbocycles. The molecule has 0 saturated carbocycles. The molecule has 1 atom stereocenters. The Balaban J connectivity index is 0.000000406. The summed E-state index contributed by atoms with van der Waals surface area (Å²) in [7, 11) is 0. The molecule has 2 aromatic heterocycles. The van der Waals surface area contributed by atoms with E-state index in [-0.39, 0.29) is 11.6 Å². The fourth-order valence-electron chi connectivity index (χ4n) is 3.29. The molecule has 1 unspecified atom stereocenters. The normalized spacial score (nSPS) is 12.0. The molecular formula is C25H22F3N3O3. The van der Waals surface area contributed by atoms with E-state index in [9.17, 15) is 18.0 Å². The molecule has 6 nitrogen and oxygen atoms in total. The number of aromatic amines is 1. The molecule has 2 heterocycles. The zero-order valence-corrected chi connectivity index (χ0v) is 18.1. The van der Waals surface area contributed by atoms with Crippen LogP contribution in [-0.2, 0) is 4.79 Å². The van der Waals surface area contributed by atoms with Crippen molar-refractivity contribution in [1.82, 2.24) is 9.97 Å². The number of nitrogens with zero attached hydrogens (tertiary/aromatic N) is 1. The van der Waals surface area contributed by atoms with Gasteiger partial charge in [0.1, 0.15) is 0 Å². The van der Waals surface area contributed by atoms with Crippen LogP contribution in [0.25, 0.3) is 33.3 Å². The zero-order valence-electron chi connectivity index (χ0n) is 18.1. The van der Waals surface area contributed by atoms with Gasteiger partial charge in [0.05, 0.1) is 16.6 Å². The number of benzene rings is 2. The molecule has 9 heteroatoms. The number of aromatic nitrogens is 2. The van der Waals surface area contributed by atoms with Crippen LogP contribution in [0.3, 0.4) is 0 Å². The van der Waals surface area contributed by atoms with Crippen LogP contribution in [0.1, 0.15) is 24.9 Å². The van der Waals surface area contributed by atoms with E-state index in [1.54, 1.807) is 6.20 Å². The highest BCUT2D eigenvalue weighted by atomic mass is 19.4. The highest BCUT2D eigenvalue weighted by Crippen LogP contribution is 2.33. The van der Waals surface area contributed by atoms with Gasteiger partial charge in [0.2, 0.25) is 0 Å². The lowest BCUT2D eigenvalue weighted by Gasteiger charge is -2.13. The summed E-state index contributed by atoms with van der Waals surface area (Å²) in [5.74, 6) is -2.76. The summed E-state index contributed by atoms with van der Waals surface area (Å²) in [6.45, 7) is 2.08. The third-order valence-electron chi connectivity index (χ3n) is 5.13. The Kier molecular flexibility index (Phi) is 7.47. The van der Waals surface area contributed by atoms with Crippen LogP contribution in [0.15, 0.2) is 77.7 Å². The van der Waals surface area contributed by atoms with Crippen LogP contribution in [0.4, 0.5) is 13.2 Å². The number of nitrogens with one attached hydrogen (secondary N) is 1. The Morgan fingerprint density at radius 3 is 2.24 bits per heavy atom. The summed E-state index contributed by atoms with van der Waals surface area (Å²) in [5.41, 5.74) is 11.6. The van der Waals surface area contributed by atoms with Gasteiger partial charge in [-0.25, -0.2) is 9.78 Å². The van der Waals surface area contributed by atoms with Crippen molar-refractivity contribution in [3.05, 3.63) is 88.8 Å². The van der Waals surface area contributed by atoms with E-state index >= 15 is 0 Å². The number of rotatable bonds is 4. The Bertz CT molecular complexity index is 1340. The molecule has 0 aliphatic rings. The SMILES string of the molecule is CCC(N)c1ccc(-c2nc3cc[nH]c(=O)c3cc2-c2ccccc2)cc1.O=C(O)C(F)(F)F. The number of hydrogen-bond donors (Lipinski definition) is 3. The highest BCUT2D eigenvalue weighted by molar-refractivity contribution is 5.91. The summed E-state index contributed by atoms with van der Waals surface area (Å²) in [5, 5.41) is 7.71. The molecule has 0 saturated heterocycles. The van der Waals surface area contributed by atoms with Gasteiger partial charge in [0, 0.05) is 23.4 Å². The minimum absolute atomic E-state index is 0.0377. The second kappa shape index (κ2) is 10.3. The Labute approximate surface area is 192 Å². The number of H-pyrrole nitrogens is 1. The first-order valence-corrected chi connectivity index (χ1v) is 10.4. The first-order chi connectivity index (χ1) is 16.1. The van der Waals surface area contributed by atoms with Crippen LogP contribution in [-0.4, -0.2) is 27.2 Å². The lowest BCUT2D eigenvalue weighted by atomic mass is 9.96. The first-order valence-electron chi connectivity index (χ1n) is 10.4. The fraction of sp³-hybridized carbons (Fsp3) is 0.160. The van der Waals surface area contributed by atoms with E-state index in [0.29, 0.717) is 10.9 Å². The topological polar surface area (TPSA) is 109 Å². The maximum absolute atomic E-state index is 12.3. The summed E-state index contributed by atoms with van der Waals surface area (Å²) in [6, 6.07) is 22.0. The van der Waals surface area contributed by atoms with E-state index in [1.165, 1.54) is 0 Å². The Hall–Kier alpha value is -3.98. The number of alkyl halides is 3. The molecule has 0 fully saturated rings. The third-order valence-corrected chi connectivity index (χ3v) is 5.13. The summed E-state index contributed by atoms with van der Waals surface area (Å²) in [6.07, 6.45) is -2.56. The lowest BCUT2D eigenvalue weighted by Crippen LogP contribution is -2.21. The maximum Gasteiger partial charge on any atom is 0.490 e. The standard InChI is InChI=1S/C23H21N3O.C2HF3O2/c1-2-20(24)16-8-10-17(11-9-16)22-18(15-6-4-3-5-7-15)14-19-21(26-22)12-13-25-23(19)27;3-2(4,5)1(6)7/h3-14,20H,2,24H2,1H3,(H,25,27);(H,6,7). The molecule has 4 rings (SSSR count). The van der Waals surface area contributed by atoms with Crippen molar-refractivity contribution in [3.63, 3.8) is 0 Å². The average Bonchev–Trinajstić information content (AvgIpc) is 2.83. The number of carboxylic acid groups (broad SMARTS) is 1. The monoisotopic (exact) mass is 469 g/mol. The van der Waals surface area contributed by atoms with Crippen molar-refractivity contribution in [2.45, 2.75) is 25.6 Å². The van der Waals surface area contributed by atoms with Gasteiger partial charge in [-0.2, -0.15) is 13.2 Å². The van der Waals surface area contributed by atoms with E-state index in [0.717, 1.165) is 34.4 Å². The van der Waals surface area contributed by atoms with Crippen LogP contribution in [0, 0.1) is 0 Å². The van der Waals surface area contributed by atoms with Crippen LogP contribution in [0.5, 0.6) is 0 Å². The van der Waals surface area contributed by atoms with Gasteiger partial charge >= 0.3 is 12.1 Å². The Morgan fingerprint density at radius 2 is 1.68 bits per heavy atom. The van der Waals surface area contributed by atoms with E-state index in [1.807, 2.05) is 42.5 Å². The van der Waals surface area contributed by atoms with Crippen LogP contribution in [0.2, 0.25) is 0 Å². The van der Waals surface area contributed by atoms with Crippen molar-refractivity contribution in [2.75, 3.05) is 0 Å². The molecule has 0 radical (unpaired) electrons. The van der Waals surface area contributed by atoms with Crippen LogP contribution >= 0.6 is 0 Å². The van der Waals surface area contributed by atoms with Crippen molar-refractivity contribution in [3.8, 4) is 22.4 Å². The zero-order chi connectivity index (χ0) is 24.9. The molecule has 176 valence electrons. The molecule has 0 amide bonds. The molecule has 0 bridgehead atoms. The first kappa shape index (κ1) is 24.7. The quantitative estimate of drug-likeness (QED) is 0.376. The van der Waals surface area contributed by atoms with Crippen molar-refractivity contribution < 1.29 is 23.1 Å². The highest BCUT2D eigenvalue weighted by Gasteiger charge is 2.38. The molecule has 4 aromatic rings. The van der Waals surface area contributed by atoms with Crippen molar-refractivity contribution >= 4 is 16.9 Å². The molecular weight excluding hydrogens is 447 g/mol. The maximum atomic E-state index is 12.3. The predicted molar refractivity (Wildman–Crippen MR) is 124 cm³/mol. The van der Waals surface area contributed by atoms with E-state index in [4.69, 9.17) is 20.6 Å². The number of carbonyl (C=O) groups is 1.